The van der Waals surface area contributed by atoms with Crippen LogP contribution in [0.3, 0.4) is 0 Å². The van der Waals surface area contributed by atoms with E-state index in [9.17, 15) is 14.4 Å². The van der Waals surface area contributed by atoms with Gasteiger partial charge in [0, 0.05) is 25.7 Å². The molecule has 7 heteroatoms. The third-order valence-electron chi connectivity index (χ3n) is 3.05. The summed E-state index contributed by atoms with van der Waals surface area (Å²) in [5, 5.41) is -0.689. The molecule has 1 amide bonds. The number of Topliss-reactive ketones (excluding diaryl/α,β-unsaturated/α-hetero) is 1. The Labute approximate surface area is 137 Å². The number of rotatable bonds is 5. The standard InChI is InChI=1S/C16H17N3O3S/c1-10(20)14(15(22)19(2)3)23-16-17-12(9-13(21)18-16)11-7-5-4-6-8-11/h4-9,14H,1-3H3,(H,17,18,21)/t14-/m1/s1. The third kappa shape index (κ3) is 4.29. The van der Waals surface area contributed by atoms with Gasteiger partial charge in [0.2, 0.25) is 5.91 Å². The molecule has 120 valence electrons. The number of amides is 1. The summed E-state index contributed by atoms with van der Waals surface area (Å²) in [4.78, 5) is 44.0. The third-order valence-corrected chi connectivity index (χ3v) is 4.24. The van der Waals surface area contributed by atoms with Gasteiger partial charge in [-0.3, -0.25) is 14.4 Å². The van der Waals surface area contributed by atoms with E-state index < -0.39 is 5.25 Å². The lowest BCUT2D eigenvalue weighted by Crippen LogP contribution is -2.36. The van der Waals surface area contributed by atoms with Crippen molar-refractivity contribution >= 4 is 23.5 Å². The lowest BCUT2D eigenvalue weighted by Gasteiger charge is -2.17. The summed E-state index contributed by atoms with van der Waals surface area (Å²) < 4.78 is 0. The van der Waals surface area contributed by atoms with Crippen LogP contribution >= 0.6 is 11.8 Å². The van der Waals surface area contributed by atoms with Gasteiger partial charge < -0.3 is 9.88 Å². The van der Waals surface area contributed by atoms with Crippen LogP contribution in [0.4, 0.5) is 0 Å². The summed E-state index contributed by atoms with van der Waals surface area (Å²) in [7, 11) is 3.16. The Morgan fingerprint density at radius 2 is 1.87 bits per heavy atom. The zero-order chi connectivity index (χ0) is 17.0. The minimum Gasteiger partial charge on any atom is -0.347 e. The van der Waals surface area contributed by atoms with Gasteiger partial charge in [0.1, 0.15) is 5.25 Å². The van der Waals surface area contributed by atoms with E-state index in [1.807, 2.05) is 30.3 Å². The zero-order valence-corrected chi connectivity index (χ0v) is 13.9. The van der Waals surface area contributed by atoms with Gasteiger partial charge in [-0.1, -0.05) is 42.1 Å². The topological polar surface area (TPSA) is 83.1 Å². The van der Waals surface area contributed by atoms with E-state index in [1.165, 1.54) is 17.9 Å². The van der Waals surface area contributed by atoms with E-state index in [4.69, 9.17) is 0 Å². The Morgan fingerprint density at radius 1 is 1.22 bits per heavy atom. The van der Waals surface area contributed by atoms with Crippen molar-refractivity contribution in [1.82, 2.24) is 14.9 Å². The number of benzene rings is 1. The molecule has 0 fully saturated rings. The van der Waals surface area contributed by atoms with Crippen molar-refractivity contribution in [3.63, 3.8) is 0 Å². The number of ketones is 1. The molecule has 0 aliphatic carbocycles. The van der Waals surface area contributed by atoms with E-state index in [0.717, 1.165) is 17.3 Å². The number of carbonyl (C=O) groups excluding carboxylic acids is 2. The Morgan fingerprint density at radius 3 is 2.43 bits per heavy atom. The van der Waals surface area contributed by atoms with Crippen molar-refractivity contribution in [2.75, 3.05) is 14.1 Å². The van der Waals surface area contributed by atoms with Crippen LogP contribution in [0.1, 0.15) is 6.92 Å². The molecular weight excluding hydrogens is 314 g/mol. The van der Waals surface area contributed by atoms with Gasteiger partial charge in [0.25, 0.3) is 5.56 Å². The van der Waals surface area contributed by atoms with E-state index in [2.05, 4.69) is 9.97 Å². The Bertz CT molecular complexity index is 772. The van der Waals surface area contributed by atoms with E-state index >= 15 is 0 Å². The molecule has 0 bridgehead atoms. The monoisotopic (exact) mass is 331 g/mol. The molecule has 23 heavy (non-hydrogen) atoms. The summed E-state index contributed by atoms with van der Waals surface area (Å²) in [5.74, 6) is -0.628. The molecule has 0 unspecified atom stereocenters. The molecule has 2 aromatic rings. The predicted octanol–water partition coefficient (Wildman–Crippen LogP) is 1.57. The van der Waals surface area contributed by atoms with Gasteiger partial charge in [-0.2, -0.15) is 0 Å². The first-order chi connectivity index (χ1) is 10.9. The molecule has 0 saturated carbocycles. The normalized spacial score (nSPS) is 11.8. The van der Waals surface area contributed by atoms with Gasteiger partial charge in [-0.15, -0.1) is 0 Å². The van der Waals surface area contributed by atoms with Gasteiger partial charge in [0.15, 0.2) is 10.9 Å². The van der Waals surface area contributed by atoms with Crippen LogP contribution in [-0.4, -0.2) is 45.9 Å². The summed E-state index contributed by atoms with van der Waals surface area (Å²) >= 11 is 0.949. The predicted molar refractivity (Wildman–Crippen MR) is 89.3 cm³/mol. The Kier molecular flexibility index (Phi) is 5.33. The van der Waals surface area contributed by atoms with Crippen molar-refractivity contribution in [2.24, 2.45) is 0 Å². The maximum Gasteiger partial charge on any atom is 0.252 e. The second-order valence-electron chi connectivity index (χ2n) is 5.14. The van der Waals surface area contributed by atoms with Gasteiger partial charge in [-0.05, 0) is 6.92 Å². The van der Waals surface area contributed by atoms with Crippen molar-refractivity contribution in [3.8, 4) is 11.3 Å². The average molecular weight is 331 g/mol. The van der Waals surface area contributed by atoms with Crippen molar-refractivity contribution < 1.29 is 9.59 Å². The molecular formula is C16H17N3O3S. The van der Waals surface area contributed by atoms with Gasteiger partial charge >= 0.3 is 0 Å². The summed E-state index contributed by atoms with van der Waals surface area (Å²) in [6.45, 7) is 1.35. The number of nitrogens with zero attached hydrogens (tertiary/aromatic N) is 2. The fraction of sp³-hybridized carbons (Fsp3) is 0.250. The molecule has 0 aliphatic heterocycles. The highest BCUT2D eigenvalue weighted by Gasteiger charge is 2.27. The largest absolute Gasteiger partial charge is 0.347 e. The van der Waals surface area contributed by atoms with Crippen LogP contribution in [0, 0.1) is 0 Å². The molecule has 0 spiro atoms. The van der Waals surface area contributed by atoms with Crippen LogP contribution in [0.5, 0.6) is 0 Å². The Balaban J connectivity index is 2.36. The highest BCUT2D eigenvalue weighted by atomic mass is 32.2. The number of hydrogen-bond acceptors (Lipinski definition) is 5. The smallest absolute Gasteiger partial charge is 0.252 e. The number of carbonyl (C=O) groups is 2. The maximum atomic E-state index is 12.1. The number of hydrogen-bond donors (Lipinski definition) is 1. The van der Waals surface area contributed by atoms with Crippen molar-refractivity contribution in [1.29, 1.82) is 0 Å². The first kappa shape index (κ1) is 17.0. The van der Waals surface area contributed by atoms with Gasteiger partial charge in [-0.25, -0.2) is 4.98 Å². The second-order valence-corrected chi connectivity index (χ2v) is 6.24. The molecule has 2 rings (SSSR count). The molecule has 0 aliphatic rings. The van der Waals surface area contributed by atoms with Crippen LogP contribution in [-0.2, 0) is 9.59 Å². The lowest BCUT2D eigenvalue weighted by molar-refractivity contribution is -0.132. The lowest BCUT2D eigenvalue weighted by atomic mass is 10.1. The number of thioether (sulfide) groups is 1. The van der Waals surface area contributed by atoms with Crippen molar-refractivity contribution in [2.45, 2.75) is 17.3 Å². The number of H-pyrrole nitrogens is 1. The number of aromatic amines is 1. The Hall–Kier alpha value is -2.41. The molecule has 6 nitrogen and oxygen atoms in total. The minimum absolute atomic E-state index is 0.242. The van der Waals surface area contributed by atoms with Crippen LogP contribution < -0.4 is 5.56 Å². The summed E-state index contributed by atoms with van der Waals surface area (Å²) in [5.41, 5.74) is 0.955. The minimum atomic E-state index is -0.931. The zero-order valence-electron chi connectivity index (χ0n) is 13.1. The van der Waals surface area contributed by atoms with Crippen LogP contribution in [0.25, 0.3) is 11.3 Å². The van der Waals surface area contributed by atoms with E-state index in [0.29, 0.717) is 5.69 Å². The molecule has 1 N–H and O–H groups in total. The molecule has 1 heterocycles. The average Bonchev–Trinajstić information content (AvgIpc) is 2.52. The van der Waals surface area contributed by atoms with Crippen LogP contribution in [0.2, 0.25) is 0 Å². The highest BCUT2D eigenvalue weighted by molar-refractivity contribution is 8.01. The number of aromatic nitrogens is 2. The highest BCUT2D eigenvalue weighted by Crippen LogP contribution is 2.23. The molecule has 1 aromatic heterocycles. The molecule has 1 aromatic carbocycles. The molecule has 1 atom stereocenters. The second kappa shape index (κ2) is 7.23. The fourth-order valence-electron chi connectivity index (χ4n) is 1.90. The van der Waals surface area contributed by atoms with Crippen LogP contribution in [0.15, 0.2) is 46.3 Å². The van der Waals surface area contributed by atoms with E-state index in [-0.39, 0.29) is 22.4 Å². The SMILES string of the molecule is CC(=O)[C@@H](Sc1nc(-c2ccccc2)cc(=O)[nH]1)C(=O)N(C)C. The summed E-state index contributed by atoms with van der Waals surface area (Å²) in [6, 6.07) is 10.6. The van der Waals surface area contributed by atoms with E-state index in [1.54, 1.807) is 14.1 Å². The number of nitrogens with one attached hydrogen (secondary N) is 1. The van der Waals surface area contributed by atoms with Gasteiger partial charge in [0.05, 0.1) is 5.69 Å². The maximum absolute atomic E-state index is 12.1. The molecule has 0 saturated heterocycles. The summed E-state index contributed by atoms with van der Waals surface area (Å²) in [6.07, 6.45) is 0. The first-order valence-corrected chi connectivity index (χ1v) is 7.81. The van der Waals surface area contributed by atoms with Crippen molar-refractivity contribution in [3.05, 3.63) is 46.8 Å². The molecule has 0 radical (unpaired) electrons. The fourth-order valence-corrected chi connectivity index (χ4v) is 2.91. The quantitative estimate of drug-likeness (QED) is 0.511. The first-order valence-electron chi connectivity index (χ1n) is 6.93.